The van der Waals surface area contributed by atoms with Crippen LogP contribution in [-0.4, -0.2) is 75.0 Å². The number of carbonyl (C=O) groups excluding carboxylic acids is 2. The van der Waals surface area contributed by atoms with E-state index < -0.39 is 17.7 Å². The quantitative estimate of drug-likeness (QED) is 0.408. The van der Waals surface area contributed by atoms with Gasteiger partial charge in [-0.05, 0) is 62.5 Å². The fraction of sp³-hybridized carbons (Fsp3) is 0.360. The van der Waals surface area contributed by atoms with Gasteiger partial charge in [0.25, 0.3) is 11.7 Å². The number of amides is 1. The second-order valence-electron chi connectivity index (χ2n) is 8.47. The molecule has 1 fully saturated rings. The van der Waals surface area contributed by atoms with Crippen molar-refractivity contribution in [1.29, 1.82) is 0 Å². The first-order chi connectivity index (χ1) is 15.1. The zero-order chi connectivity index (χ0) is 23.6. The Kier molecular flexibility index (Phi) is 6.89. The summed E-state index contributed by atoms with van der Waals surface area (Å²) < 4.78 is 5.30. The van der Waals surface area contributed by atoms with E-state index in [9.17, 15) is 14.7 Å². The number of aryl methyl sites for hydroxylation is 1. The Balaban J connectivity index is 2.14. The molecule has 0 spiro atoms. The highest BCUT2D eigenvalue weighted by Crippen LogP contribution is 2.40. The lowest BCUT2D eigenvalue weighted by Gasteiger charge is -2.27. The van der Waals surface area contributed by atoms with E-state index in [-0.39, 0.29) is 11.3 Å². The number of nitrogens with zero attached hydrogens (tertiary/aromatic N) is 3. The van der Waals surface area contributed by atoms with Gasteiger partial charge in [-0.25, -0.2) is 0 Å². The summed E-state index contributed by atoms with van der Waals surface area (Å²) in [7, 11) is 9.30. The van der Waals surface area contributed by atoms with Crippen LogP contribution in [0.15, 0.2) is 48.0 Å². The summed E-state index contributed by atoms with van der Waals surface area (Å²) in [4.78, 5) is 31.5. The Labute approximate surface area is 189 Å². The third-order valence-corrected chi connectivity index (χ3v) is 5.72. The Morgan fingerprint density at radius 2 is 1.72 bits per heavy atom. The maximum atomic E-state index is 13.1. The van der Waals surface area contributed by atoms with Gasteiger partial charge in [0.1, 0.15) is 11.5 Å². The number of rotatable bonds is 7. The summed E-state index contributed by atoms with van der Waals surface area (Å²) in [5.74, 6) is -0.760. The van der Waals surface area contributed by atoms with Crippen molar-refractivity contribution in [2.45, 2.75) is 13.0 Å². The van der Waals surface area contributed by atoms with E-state index in [0.29, 0.717) is 24.4 Å². The van der Waals surface area contributed by atoms with Crippen molar-refractivity contribution in [1.82, 2.24) is 9.80 Å². The molecule has 1 heterocycles. The van der Waals surface area contributed by atoms with Crippen LogP contribution in [0.2, 0.25) is 0 Å². The summed E-state index contributed by atoms with van der Waals surface area (Å²) in [5.41, 5.74) is 3.19. The standard InChI is InChI=1S/C25H31N3O4/c1-16-15-18(9-12-20(16)32-6)23(29)21-22(17-7-10-19(11-8-17)27(4)5)28(14-13-26(2)3)25(31)24(21)30/h7-12,15,22,29H,13-14H2,1-6H3/b23-21-. The normalized spacial score (nSPS) is 17.8. The van der Waals surface area contributed by atoms with Crippen LogP contribution in [0.1, 0.15) is 22.7 Å². The molecule has 0 saturated carbocycles. The van der Waals surface area contributed by atoms with Gasteiger partial charge in [-0.15, -0.1) is 0 Å². The fourth-order valence-corrected chi connectivity index (χ4v) is 3.90. The van der Waals surface area contributed by atoms with Crippen LogP contribution in [-0.2, 0) is 9.59 Å². The van der Waals surface area contributed by atoms with Crippen molar-refractivity contribution in [3.8, 4) is 5.75 Å². The Morgan fingerprint density at radius 1 is 1.06 bits per heavy atom. The number of ketones is 1. The van der Waals surface area contributed by atoms with Gasteiger partial charge in [-0.1, -0.05) is 12.1 Å². The molecule has 1 atom stereocenters. The maximum Gasteiger partial charge on any atom is 0.295 e. The lowest BCUT2D eigenvalue weighted by atomic mass is 9.94. The molecule has 2 aromatic rings. The molecule has 170 valence electrons. The van der Waals surface area contributed by atoms with Gasteiger partial charge < -0.3 is 24.5 Å². The monoisotopic (exact) mass is 437 g/mol. The number of likely N-dealkylation sites (N-methyl/N-ethyl adjacent to an activating group) is 1. The predicted octanol–water partition coefficient (Wildman–Crippen LogP) is 3.05. The maximum absolute atomic E-state index is 13.1. The number of anilines is 1. The number of benzene rings is 2. The number of carbonyl (C=O) groups is 2. The van der Waals surface area contributed by atoms with Crippen LogP contribution in [0.5, 0.6) is 5.75 Å². The number of ether oxygens (including phenoxy) is 1. The fourth-order valence-electron chi connectivity index (χ4n) is 3.90. The van der Waals surface area contributed by atoms with Gasteiger partial charge in [0.05, 0.1) is 18.7 Å². The van der Waals surface area contributed by atoms with E-state index in [1.165, 1.54) is 0 Å². The van der Waals surface area contributed by atoms with Gasteiger partial charge in [0.2, 0.25) is 0 Å². The summed E-state index contributed by atoms with van der Waals surface area (Å²) in [6.45, 7) is 2.83. The SMILES string of the molecule is COc1ccc(/C(O)=C2/C(=O)C(=O)N(CCN(C)C)C2c2ccc(N(C)C)cc2)cc1C. The smallest absolute Gasteiger partial charge is 0.295 e. The van der Waals surface area contributed by atoms with E-state index in [2.05, 4.69) is 0 Å². The topological polar surface area (TPSA) is 73.3 Å². The van der Waals surface area contributed by atoms with Gasteiger partial charge in [0.15, 0.2) is 0 Å². The number of aliphatic hydroxyl groups is 1. The highest BCUT2D eigenvalue weighted by atomic mass is 16.5. The summed E-state index contributed by atoms with van der Waals surface area (Å²) >= 11 is 0. The first-order valence-electron chi connectivity index (χ1n) is 10.5. The zero-order valence-electron chi connectivity index (χ0n) is 19.5. The summed E-state index contributed by atoms with van der Waals surface area (Å²) in [6, 6.07) is 12.2. The van der Waals surface area contributed by atoms with Crippen LogP contribution in [0.3, 0.4) is 0 Å². The van der Waals surface area contributed by atoms with E-state index in [4.69, 9.17) is 4.74 Å². The number of Topliss-reactive ketones (excluding diaryl/α,β-unsaturated/α-hetero) is 1. The zero-order valence-corrected chi connectivity index (χ0v) is 19.5. The highest BCUT2D eigenvalue weighted by molar-refractivity contribution is 6.46. The average Bonchev–Trinajstić information content (AvgIpc) is 3.01. The molecule has 1 saturated heterocycles. The minimum absolute atomic E-state index is 0.107. The molecule has 1 N–H and O–H groups in total. The van der Waals surface area contributed by atoms with Crippen LogP contribution >= 0.6 is 0 Å². The van der Waals surface area contributed by atoms with Crippen molar-refractivity contribution in [3.63, 3.8) is 0 Å². The Bertz CT molecular complexity index is 1040. The molecule has 2 aromatic carbocycles. The van der Waals surface area contributed by atoms with Crippen molar-refractivity contribution in [2.75, 3.05) is 53.3 Å². The molecular weight excluding hydrogens is 406 g/mol. The first-order valence-corrected chi connectivity index (χ1v) is 10.5. The summed E-state index contributed by atoms with van der Waals surface area (Å²) in [5, 5.41) is 11.2. The van der Waals surface area contributed by atoms with Gasteiger partial charge >= 0.3 is 0 Å². The van der Waals surface area contributed by atoms with Gasteiger partial charge in [-0.3, -0.25) is 9.59 Å². The molecule has 0 aliphatic carbocycles. The van der Waals surface area contributed by atoms with Crippen molar-refractivity contribution in [2.24, 2.45) is 0 Å². The average molecular weight is 438 g/mol. The lowest BCUT2D eigenvalue weighted by Crippen LogP contribution is -2.35. The molecule has 3 rings (SSSR count). The second-order valence-corrected chi connectivity index (χ2v) is 8.47. The number of aliphatic hydroxyl groups excluding tert-OH is 1. The largest absolute Gasteiger partial charge is 0.507 e. The molecule has 0 bridgehead atoms. The van der Waals surface area contributed by atoms with Gasteiger partial charge in [-0.2, -0.15) is 0 Å². The third-order valence-electron chi connectivity index (χ3n) is 5.72. The molecular formula is C25H31N3O4. The molecule has 7 nitrogen and oxygen atoms in total. The second kappa shape index (κ2) is 9.44. The van der Waals surface area contributed by atoms with Crippen molar-refractivity contribution < 1.29 is 19.4 Å². The van der Waals surface area contributed by atoms with E-state index in [0.717, 1.165) is 16.8 Å². The molecule has 7 heteroatoms. The summed E-state index contributed by atoms with van der Waals surface area (Å²) in [6.07, 6.45) is 0. The minimum atomic E-state index is -0.670. The molecule has 1 amide bonds. The number of hydrogen-bond donors (Lipinski definition) is 1. The molecule has 1 aliphatic heterocycles. The molecule has 0 radical (unpaired) electrons. The van der Waals surface area contributed by atoms with Crippen molar-refractivity contribution in [3.05, 3.63) is 64.7 Å². The van der Waals surface area contributed by atoms with Crippen LogP contribution in [0.4, 0.5) is 5.69 Å². The number of likely N-dealkylation sites (tertiary alicyclic amines) is 1. The molecule has 0 aromatic heterocycles. The highest BCUT2D eigenvalue weighted by Gasteiger charge is 2.45. The van der Waals surface area contributed by atoms with Gasteiger partial charge in [0, 0.05) is 38.4 Å². The molecule has 1 aliphatic rings. The van der Waals surface area contributed by atoms with Crippen molar-refractivity contribution >= 4 is 23.1 Å². The first kappa shape index (κ1) is 23.3. The van der Waals surface area contributed by atoms with E-state index >= 15 is 0 Å². The predicted molar refractivity (Wildman–Crippen MR) is 126 cm³/mol. The van der Waals surface area contributed by atoms with Crippen LogP contribution in [0.25, 0.3) is 5.76 Å². The Hall–Kier alpha value is -3.32. The number of methoxy groups -OCH3 is 1. The molecule has 1 unspecified atom stereocenters. The third kappa shape index (κ3) is 4.48. The van der Waals surface area contributed by atoms with Crippen LogP contribution in [0, 0.1) is 6.92 Å². The molecule has 32 heavy (non-hydrogen) atoms. The van der Waals surface area contributed by atoms with Crippen LogP contribution < -0.4 is 9.64 Å². The number of hydrogen-bond acceptors (Lipinski definition) is 6. The van der Waals surface area contributed by atoms with E-state index in [1.54, 1.807) is 30.2 Å². The minimum Gasteiger partial charge on any atom is -0.507 e. The Morgan fingerprint density at radius 3 is 2.25 bits per heavy atom. The lowest BCUT2D eigenvalue weighted by molar-refractivity contribution is -0.140. The van der Waals surface area contributed by atoms with E-state index in [1.807, 2.05) is 69.2 Å².